The molecule has 1 saturated heterocycles. The lowest BCUT2D eigenvalue weighted by Crippen LogP contribution is -2.43. The molecule has 0 aromatic heterocycles. The summed E-state index contributed by atoms with van der Waals surface area (Å²) in [5.41, 5.74) is 0.507. The van der Waals surface area contributed by atoms with Crippen LogP contribution in [-0.4, -0.2) is 37.6 Å². The Morgan fingerprint density at radius 1 is 1.26 bits per heavy atom. The van der Waals surface area contributed by atoms with Crippen molar-refractivity contribution >= 4 is 39.1 Å². The first kappa shape index (κ1) is 17.9. The van der Waals surface area contributed by atoms with Gasteiger partial charge < -0.3 is 10.2 Å². The van der Waals surface area contributed by atoms with E-state index in [9.17, 15) is 17.6 Å². The first-order chi connectivity index (χ1) is 12.9. The van der Waals surface area contributed by atoms with Gasteiger partial charge in [-0.3, -0.25) is 4.79 Å². The predicted molar refractivity (Wildman–Crippen MR) is 99.9 cm³/mol. The average molecular weight is 408 g/mol. The van der Waals surface area contributed by atoms with Crippen molar-refractivity contribution in [1.29, 1.82) is 0 Å². The number of halogens is 2. The number of carbonyl (C=O) groups excluding carboxylic acids is 1. The number of hydrogen-bond acceptors (Lipinski definition) is 4. The van der Waals surface area contributed by atoms with Gasteiger partial charge in [0, 0.05) is 17.1 Å². The van der Waals surface area contributed by atoms with Crippen molar-refractivity contribution in [3.63, 3.8) is 0 Å². The highest BCUT2D eigenvalue weighted by molar-refractivity contribution is 7.90. The fraction of sp³-hybridized carbons (Fsp3) is 0.222. The number of rotatable bonds is 2. The van der Waals surface area contributed by atoms with Crippen LogP contribution in [0.15, 0.2) is 51.8 Å². The number of benzene rings is 2. The molecule has 2 aliphatic heterocycles. The molecule has 2 aromatic carbocycles. The molecule has 0 radical (unpaired) electrons. The van der Waals surface area contributed by atoms with Crippen LogP contribution in [0, 0.1) is 5.82 Å². The molecule has 140 valence electrons. The first-order valence-corrected chi connectivity index (χ1v) is 10.2. The molecule has 1 N–H and O–H groups in total. The van der Waals surface area contributed by atoms with E-state index in [-0.39, 0.29) is 21.4 Å². The zero-order valence-electron chi connectivity index (χ0n) is 14.0. The minimum Gasteiger partial charge on any atom is -0.343 e. The molecule has 2 aliphatic rings. The molecule has 1 fully saturated rings. The maximum atomic E-state index is 14.0. The highest BCUT2D eigenvalue weighted by Gasteiger charge is 2.39. The van der Waals surface area contributed by atoms with Gasteiger partial charge in [0.2, 0.25) is 5.91 Å². The van der Waals surface area contributed by atoms with Crippen molar-refractivity contribution in [2.45, 2.75) is 23.8 Å². The zero-order valence-corrected chi connectivity index (χ0v) is 15.6. The molecule has 0 spiro atoms. The van der Waals surface area contributed by atoms with E-state index < -0.39 is 27.8 Å². The molecular formula is C18H15ClFN3O3S. The summed E-state index contributed by atoms with van der Waals surface area (Å²) < 4.78 is 42.4. The summed E-state index contributed by atoms with van der Waals surface area (Å²) in [6.07, 6.45) is 1.21. The molecule has 4 rings (SSSR count). The van der Waals surface area contributed by atoms with E-state index in [4.69, 9.17) is 11.6 Å². The van der Waals surface area contributed by atoms with Gasteiger partial charge >= 0.3 is 0 Å². The molecule has 9 heteroatoms. The summed E-state index contributed by atoms with van der Waals surface area (Å²) in [4.78, 5) is 14.5. The van der Waals surface area contributed by atoms with Gasteiger partial charge in [-0.05, 0) is 43.2 Å². The number of hydrogen-bond donors (Lipinski definition) is 1. The van der Waals surface area contributed by atoms with Gasteiger partial charge in [-0.15, -0.1) is 4.40 Å². The van der Waals surface area contributed by atoms with Gasteiger partial charge in [-0.25, -0.2) is 4.39 Å². The Hall–Kier alpha value is -2.45. The normalized spacial score (nSPS) is 20.3. The maximum absolute atomic E-state index is 14.0. The standard InChI is InChI=1S/C18H15ClFN3O3S/c19-11-7-8-14(13(20)10-11)21-18(24)15-5-3-9-23(15)17-12-4-1-2-6-16(12)27(25,26)22-17/h1-2,4,6-8,10,15H,3,5,9H2,(H,21,24)/t15-/m0/s1. The molecule has 2 aromatic rings. The van der Waals surface area contributed by atoms with E-state index in [1.807, 2.05) is 0 Å². The van der Waals surface area contributed by atoms with Crippen LogP contribution in [0.2, 0.25) is 5.02 Å². The number of amidine groups is 1. The third kappa shape index (κ3) is 3.19. The quantitative estimate of drug-likeness (QED) is 0.829. The largest absolute Gasteiger partial charge is 0.343 e. The molecule has 0 unspecified atom stereocenters. The molecule has 0 aliphatic carbocycles. The predicted octanol–water partition coefficient (Wildman–Crippen LogP) is 3.03. The van der Waals surface area contributed by atoms with Crippen LogP contribution in [0.1, 0.15) is 18.4 Å². The number of fused-ring (bicyclic) bond motifs is 1. The smallest absolute Gasteiger partial charge is 0.285 e. The summed E-state index contributed by atoms with van der Waals surface area (Å²) in [7, 11) is -3.77. The van der Waals surface area contributed by atoms with Crippen LogP contribution in [0.25, 0.3) is 0 Å². The van der Waals surface area contributed by atoms with E-state index in [1.54, 1.807) is 23.1 Å². The second-order valence-corrected chi connectivity index (χ2v) is 8.36. The number of nitrogens with one attached hydrogen (secondary N) is 1. The summed E-state index contributed by atoms with van der Waals surface area (Å²) in [5, 5.41) is 2.79. The highest BCUT2D eigenvalue weighted by atomic mass is 35.5. The zero-order chi connectivity index (χ0) is 19.2. The van der Waals surface area contributed by atoms with Gasteiger partial charge in [-0.2, -0.15) is 8.42 Å². The Kier molecular flexibility index (Phi) is 4.39. The summed E-state index contributed by atoms with van der Waals surface area (Å²) in [5.74, 6) is -0.787. The fourth-order valence-electron chi connectivity index (χ4n) is 3.40. The number of carbonyl (C=O) groups is 1. The molecule has 27 heavy (non-hydrogen) atoms. The molecule has 2 heterocycles. The number of amides is 1. The van der Waals surface area contributed by atoms with E-state index in [2.05, 4.69) is 9.71 Å². The fourth-order valence-corrected chi connectivity index (χ4v) is 4.77. The van der Waals surface area contributed by atoms with Crippen LogP contribution in [0.4, 0.5) is 10.1 Å². The molecule has 1 amide bonds. The van der Waals surface area contributed by atoms with Crippen LogP contribution >= 0.6 is 11.6 Å². The minimum atomic E-state index is -3.77. The molecule has 0 bridgehead atoms. The van der Waals surface area contributed by atoms with Crippen LogP contribution in [-0.2, 0) is 14.8 Å². The third-order valence-corrected chi connectivity index (χ3v) is 6.19. The lowest BCUT2D eigenvalue weighted by atomic mass is 10.1. The molecular weight excluding hydrogens is 393 g/mol. The lowest BCUT2D eigenvalue weighted by Gasteiger charge is -2.25. The molecule has 6 nitrogen and oxygen atoms in total. The number of likely N-dealkylation sites (tertiary alicyclic amines) is 1. The lowest BCUT2D eigenvalue weighted by molar-refractivity contribution is -0.119. The number of anilines is 1. The van der Waals surface area contributed by atoms with Crippen molar-refractivity contribution < 1.29 is 17.6 Å². The van der Waals surface area contributed by atoms with E-state index in [1.165, 1.54) is 18.2 Å². The Labute approximate surface area is 160 Å². The first-order valence-electron chi connectivity index (χ1n) is 8.34. The SMILES string of the molecule is O=C(Nc1ccc(Cl)cc1F)[C@@H]1CCCN1C1=NS(=O)(=O)c2ccccc21. The van der Waals surface area contributed by atoms with Gasteiger partial charge in [0.15, 0.2) is 5.84 Å². The van der Waals surface area contributed by atoms with Gasteiger partial charge in [0.1, 0.15) is 16.8 Å². The van der Waals surface area contributed by atoms with Gasteiger partial charge in [-0.1, -0.05) is 23.7 Å². The van der Waals surface area contributed by atoms with Crippen LogP contribution in [0.5, 0.6) is 0 Å². The second-order valence-electron chi connectivity index (χ2n) is 6.35. The van der Waals surface area contributed by atoms with Crippen LogP contribution in [0.3, 0.4) is 0 Å². The van der Waals surface area contributed by atoms with Gasteiger partial charge in [0.05, 0.1) is 5.69 Å². The van der Waals surface area contributed by atoms with Crippen LogP contribution < -0.4 is 5.32 Å². The molecule has 1 atom stereocenters. The van der Waals surface area contributed by atoms with Gasteiger partial charge in [0.25, 0.3) is 10.0 Å². The summed E-state index contributed by atoms with van der Waals surface area (Å²) in [6, 6.07) is 9.88. The van der Waals surface area contributed by atoms with Crippen molar-refractivity contribution in [3.05, 3.63) is 58.9 Å². The topological polar surface area (TPSA) is 78.8 Å². The Balaban J connectivity index is 1.62. The molecule has 0 saturated carbocycles. The monoisotopic (exact) mass is 407 g/mol. The van der Waals surface area contributed by atoms with E-state index >= 15 is 0 Å². The minimum absolute atomic E-state index is 0.0256. The number of sulfonamides is 1. The Morgan fingerprint density at radius 3 is 2.81 bits per heavy atom. The van der Waals surface area contributed by atoms with Crippen molar-refractivity contribution in [3.8, 4) is 0 Å². The van der Waals surface area contributed by atoms with E-state index in [0.29, 0.717) is 24.9 Å². The second kappa shape index (κ2) is 6.61. The van der Waals surface area contributed by atoms with Crippen molar-refractivity contribution in [2.24, 2.45) is 4.40 Å². The summed E-state index contributed by atoms with van der Waals surface area (Å²) in [6.45, 7) is 0.490. The average Bonchev–Trinajstić information content (AvgIpc) is 3.21. The third-order valence-electron chi connectivity index (χ3n) is 4.63. The highest BCUT2D eigenvalue weighted by Crippen LogP contribution is 2.31. The van der Waals surface area contributed by atoms with Crippen molar-refractivity contribution in [1.82, 2.24) is 4.90 Å². The van der Waals surface area contributed by atoms with Crippen molar-refractivity contribution in [2.75, 3.05) is 11.9 Å². The summed E-state index contributed by atoms with van der Waals surface area (Å²) >= 11 is 5.73. The number of nitrogens with zero attached hydrogens (tertiary/aromatic N) is 2. The Morgan fingerprint density at radius 2 is 2.04 bits per heavy atom. The van der Waals surface area contributed by atoms with E-state index in [0.717, 1.165) is 6.07 Å². The maximum Gasteiger partial charge on any atom is 0.285 e. The Bertz CT molecular complexity index is 1070.